The van der Waals surface area contributed by atoms with Crippen molar-refractivity contribution in [1.82, 2.24) is 0 Å². The van der Waals surface area contributed by atoms with E-state index in [1.165, 1.54) is 12.1 Å². The van der Waals surface area contributed by atoms with Gasteiger partial charge in [-0.1, -0.05) is 26.2 Å². The molecule has 0 aliphatic heterocycles. The van der Waals surface area contributed by atoms with Gasteiger partial charge in [-0.2, -0.15) is 0 Å². The highest BCUT2D eigenvalue weighted by Crippen LogP contribution is 2.32. The molecule has 0 saturated heterocycles. The van der Waals surface area contributed by atoms with Gasteiger partial charge in [-0.3, -0.25) is 0 Å². The van der Waals surface area contributed by atoms with E-state index >= 15 is 0 Å². The SMILES string of the molecule is CCCCCCc1c(C(=O)O)ccc(O)c1O. The van der Waals surface area contributed by atoms with E-state index in [4.69, 9.17) is 5.11 Å². The molecule has 0 spiro atoms. The Bertz CT molecular complexity index is 399. The van der Waals surface area contributed by atoms with E-state index in [2.05, 4.69) is 6.92 Å². The third-order valence-electron chi connectivity index (χ3n) is 2.77. The molecular weight excluding hydrogens is 220 g/mol. The number of phenolic OH excluding ortho intramolecular Hbond substituents is 2. The summed E-state index contributed by atoms with van der Waals surface area (Å²) in [5.74, 6) is -1.65. The number of hydrogen-bond acceptors (Lipinski definition) is 3. The molecule has 0 heterocycles. The number of aromatic carboxylic acids is 1. The summed E-state index contributed by atoms with van der Waals surface area (Å²) in [6.45, 7) is 2.09. The molecule has 0 radical (unpaired) electrons. The number of aromatic hydroxyl groups is 2. The van der Waals surface area contributed by atoms with Gasteiger partial charge < -0.3 is 15.3 Å². The van der Waals surface area contributed by atoms with Crippen LogP contribution in [0.5, 0.6) is 11.5 Å². The molecule has 0 saturated carbocycles. The van der Waals surface area contributed by atoms with Crippen molar-refractivity contribution in [3.05, 3.63) is 23.3 Å². The van der Waals surface area contributed by atoms with E-state index in [-0.39, 0.29) is 17.1 Å². The monoisotopic (exact) mass is 238 g/mol. The predicted octanol–water partition coefficient (Wildman–Crippen LogP) is 2.92. The van der Waals surface area contributed by atoms with Gasteiger partial charge in [-0.05, 0) is 25.0 Å². The molecule has 0 atom stereocenters. The number of phenols is 2. The van der Waals surface area contributed by atoms with E-state index in [1.54, 1.807) is 0 Å². The molecule has 0 bridgehead atoms. The predicted molar refractivity (Wildman–Crippen MR) is 64.6 cm³/mol. The van der Waals surface area contributed by atoms with Crippen LogP contribution >= 0.6 is 0 Å². The number of benzene rings is 1. The van der Waals surface area contributed by atoms with Crippen molar-refractivity contribution in [2.45, 2.75) is 39.0 Å². The first-order valence-electron chi connectivity index (χ1n) is 5.85. The van der Waals surface area contributed by atoms with Gasteiger partial charge >= 0.3 is 5.97 Å². The Balaban J connectivity index is 2.86. The van der Waals surface area contributed by atoms with E-state index in [1.807, 2.05) is 0 Å². The van der Waals surface area contributed by atoms with Crippen LogP contribution in [0.1, 0.15) is 48.5 Å². The number of carbonyl (C=O) groups is 1. The van der Waals surface area contributed by atoms with E-state index in [9.17, 15) is 15.0 Å². The van der Waals surface area contributed by atoms with Crippen molar-refractivity contribution in [1.29, 1.82) is 0 Å². The van der Waals surface area contributed by atoms with Crippen LogP contribution in [0, 0.1) is 0 Å². The van der Waals surface area contributed by atoms with Crippen LogP contribution in [0.4, 0.5) is 0 Å². The number of unbranched alkanes of at least 4 members (excludes halogenated alkanes) is 3. The molecule has 0 aliphatic carbocycles. The standard InChI is InChI=1S/C13H18O4/c1-2-3-4-5-6-9-10(13(16)17)7-8-11(14)12(9)15/h7-8,14-15H,2-6H2,1H3,(H,16,17). The Morgan fingerprint density at radius 1 is 1.18 bits per heavy atom. The Morgan fingerprint density at radius 2 is 1.88 bits per heavy atom. The molecule has 0 aliphatic rings. The summed E-state index contributed by atoms with van der Waals surface area (Å²) < 4.78 is 0. The summed E-state index contributed by atoms with van der Waals surface area (Å²) in [4.78, 5) is 11.0. The fourth-order valence-corrected chi connectivity index (χ4v) is 1.81. The van der Waals surface area contributed by atoms with Gasteiger partial charge in [0.25, 0.3) is 0 Å². The third-order valence-corrected chi connectivity index (χ3v) is 2.77. The van der Waals surface area contributed by atoms with Crippen LogP contribution in [0.3, 0.4) is 0 Å². The van der Waals surface area contributed by atoms with Gasteiger partial charge in [-0.25, -0.2) is 4.79 Å². The Morgan fingerprint density at radius 3 is 2.47 bits per heavy atom. The fraction of sp³-hybridized carbons (Fsp3) is 0.462. The second-order valence-electron chi connectivity index (χ2n) is 4.08. The van der Waals surface area contributed by atoms with Crippen molar-refractivity contribution < 1.29 is 20.1 Å². The van der Waals surface area contributed by atoms with Crippen molar-refractivity contribution in [2.24, 2.45) is 0 Å². The summed E-state index contributed by atoms with van der Waals surface area (Å²) >= 11 is 0. The quantitative estimate of drug-likeness (QED) is 0.526. The van der Waals surface area contributed by atoms with Crippen molar-refractivity contribution >= 4 is 5.97 Å². The molecule has 1 aromatic rings. The first-order chi connectivity index (χ1) is 8.07. The van der Waals surface area contributed by atoms with Crippen LogP contribution < -0.4 is 0 Å². The van der Waals surface area contributed by atoms with Crippen molar-refractivity contribution in [2.75, 3.05) is 0 Å². The average molecular weight is 238 g/mol. The van der Waals surface area contributed by atoms with Crippen molar-refractivity contribution in [3.63, 3.8) is 0 Å². The summed E-state index contributed by atoms with van der Waals surface area (Å²) in [6, 6.07) is 2.53. The van der Waals surface area contributed by atoms with Crippen LogP contribution in [0.2, 0.25) is 0 Å². The lowest BCUT2D eigenvalue weighted by atomic mass is 9.99. The summed E-state index contributed by atoms with van der Waals surface area (Å²) in [5.41, 5.74) is 0.394. The minimum atomic E-state index is -1.08. The first kappa shape index (κ1) is 13.4. The highest BCUT2D eigenvalue weighted by molar-refractivity contribution is 5.90. The molecule has 0 amide bonds. The van der Waals surface area contributed by atoms with Crippen LogP contribution in [0.15, 0.2) is 12.1 Å². The maximum atomic E-state index is 11.0. The molecule has 4 nitrogen and oxygen atoms in total. The molecular formula is C13H18O4. The molecule has 3 N–H and O–H groups in total. The van der Waals surface area contributed by atoms with Crippen LogP contribution in [0.25, 0.3) is 0 Å². The maximum absolute atomic E-state index is 11.0. The number of carboxylic acids is 1. The molecule has 94 valence electrons. The lowest BCUT2D eigenvalue weighted by Crippen LogP contribution is -2.03. The van der Waals surface area contributed by atoms with Gasteiger partial charge in [0.1, 0.15) is 0 Å². The third kappa shape index (κ3) is 3.37. The molecule has 0 aromatic heterocycles. The van der Waals surface area contributed by atoms with E-state index < -0.39 is 5.97 Å². The Kier molecular flexibility index (Phi) is 4.82. The number of carboxylic acid groups (broad SMARTS) is 1. The summed E-state index contributed by atoms with van der Waals surface area (Å²) in [5, 5.41) is 28.0. The lowest BCUT2D eigenvalue weighted by Gasteiger charge is -2.09. The molecule has 0 fully saturated rings. The second-order valence-corrected chi connectivity index (χ2v) is 4.08. The second kappa shape index (κ2) is 6.13. The largest absolute Gasteiger partial charge is 0.504 e. The normalized spacial score (nSPS) is 10.4. The number of rotatable bonds is 6. The van der Waals surface area contributed by atoms with Crippen molar-refractivity contribution in [3.8, 4) is 11.5 Å². The zero-order chi connectivity index (χ0) is 12.8. The molecule has 1 aromatic carbocycles. The Hall–Kier alpha value is -1.71. The topological polar surface area (TPSA) is 77.8 Å². The average Bonchev–Trinajstić information content (AvgIpc) is 2.29. The zero-order valence-electron chi connectivity index (χ0n) is 9.94. The highest BCUT2D eigenvalue weighted by Gasteiger charge is 2.16. The maximum Gasteiger partial charge on any atom is 0.336 e. The van der Waals surface area contributed by atoms with Gasteiger partial charge in [0, 0.05) is 5.56 Å². The van der Waals surface area contributed by atoms with Gasteiger partial charge in [0.2, 0.25) is 0 Å². The van der Waals surface area contributed by atoms with Gasteiger partial charge in [0.05, 0.1) is 5.56 Å². The van der Waals surface area contributed by atoms with Gasteiger partial charge in [0.15, 0.2) is 11.5 Å². The smallest absolute Gasteiger partial charge is 0.336 e. The minimum absolute atomic E-state index is 0.0665. The zero-order valence-corrected chi connectivity index (χ0v) is 9.94. The first-order valence-corrected chi connectivity index (χ1v) is 5.85. The molecule has 4 heteroatoms. The summed E-state index contributed by atoms with van der Waals surface area (Å²) in [7, 11) is 0. The summed E-state index contributed by atoms with van der Waals surface area (Å²) in [6.07, 6.45) is 4.46. The lowest BCUT2D eigenvalue weighted by molar-refractivity contribution is 0.0695. The minimum Gasteiger partial charge on any atom is -0.504 e. The molecule has 17 heavy (non-hydrogen) atoms. The number of hydrogen-bond donors (Lipinski definition) is 3. The van der Waals surface area contributed by atoms with Crippen LogP contribution in [-0.4, -0.2) is 21.3 Å². The van der Waals surface area contributed by atoms with E-state index in [0.29, 0.717) is 12.0 Å². The molecule has 0 unspecified atom stereocenters. The highest BCUT2D eigenvalue weighted by atomic mass is 16.4. The van der Waals surface area contributed by atoms with Gasteiger partial charge in [-0.15, -0.1) is 0 Å². The molecule has 1 rings (SSSR count). The fourth-order valence-electron chi connectivity index (χ4n) is 1.81. The Labute approximate surface area is 101 Å². The van der Waals surface area contributed by atoms with E-state index in [0.717, 1.165) is 25.7 Å². The van der Waals surface area contributed by atoms with Crippen LogP contribution in [-0.2, 0) is 6.42 Å².